The SMILES string of the molecule is CCOC(=O)C(N)CSCC(=O)NNC(=O)c1cccs1. The first kappa shape index (κ1) is 17.5. The van der Waals surface area contributed by atoms with Crippen molar-refractivity contribution in [3.8, 4) is 0 Å². The van der Waals surface area contributed by atoms with E-state index in [0.717, 1.165) is 0 Å². The Morgan fingerprint density at radius 3 is 2.81 bits per heavy atom. The van der Waals surface area contributed by atoms with E-state index in [9.17, 15) is 14.4 Å². The van der Waals surface area contributed by atoms with Crippen molar-refractivity contribution in [2.24, 2.45) is 5.73 Å². The fourth-order valence-electron chi connectivity index (χ4n) is 1.23. The molecule has 0 bridgehead atoms. The quantitative estimate of drug-likeness (QED) is 0.484. The molecule has 1 atom stereocenters. The molecular formula is C12H17N3O4S2. The molecular weight excluding hydrogens is 314 g/mol. The van der Waals surface area contributed by atoms with Crippen LogP contribution < -0.4 is 16.6 Å². The van der Waals surface area contributed by atoms with E-state index < -0.39 is 12.0 Å². The average Bonchev–Trinajstić information content (AvgIpc) is 2.99. The summed E-state index contributed by atoms with van der Waals surface area (Å²) in [4.78, 5) is 34.8. The van der Waals surface area contributed by atoms with Gasteiger partial charge in [0.05, 0.1) is 17.2 Å². The number of nitrogens with two attached hydrogens (primary N) is 1. The number of ether oxygens (including phenoxy) is 1. The van der Waals surface area contributed by atoms with Crippen LogP contribution in [0.3, 0.4) is 0 Å². The Morgan fingerprint density at radius 1 is 1.43 bits per heavy atom. The summed E-state index contributed by atoms with van der Waals surface area (Å²) in [5.41, 5.74) is 10.2. The van der Waals surface area contributed by atoms with E-state index in [1.54, 1.807) is 24.4 Å². The third-order valence-electron chi connectivity index (χ3n) is 2.18. The molecule has 4 N–H and O–H groups in total. The number of hydrazine groups is 1. The van der Waals surface area contributed by atoms with Crippen LogP contribution in [0.4, 0.5) is 0 Å². The van der Waals surface area contributed by atoms with Gasteiger partial charge >= 0.3 is 5.97 Å². The molecule has 0 aromatic carbocycles. The Balaban J connectivity index is 2.17. The van der Waals surface area contributed by atoms with Gasteiger partial charge in [0.15, 0.2) is 0 Å². The summed E-state index contributed by atoms with van der Waals surface area (Å²) in [6.45, 7) is 1.97. The predicted molar refractivity (Wildman–Crippen MR) is 81.9 cm³/mol. The first-order chi connectivity index (χ1) is 10.0. The van der Waals surface area contributed by atoms with Gasteiger partial charge in [0.2, 0.25) is 5.91 Å². The number of nitrogens with one attached hydrogen (secondary N) is 2. The fraction of sp³-hybridized carbons (Fsp3) is 0.417. The molecule has 1 rings (SSSR count). The highest BCUT2D eigenvalue weighted by atomic mass is 32.2. The summed E-state index contributed by atoms with van der Waals surface area (Å²) >= 11 is 2.46. The molecule has 1 unspecified atom stereocenters. The highest BCUT2D eigenvalue weighted by Crippen LogP contribution is 2.07. The normalized spacial score (nSPS) is 11.5. The van der Waals surface area contributed by atoms with Crippen molar-refractivity contribution in [1.82, 2.24) is 10.9 Å². The third kappa shape index (κ3) is 6.61. The molecule has 7 nitrogen and oxygen atoms in total. The van der Waals surface area contributed by atoms with Gasteiger partial charge in [0.1, 0.15) is 6.04 Å². The van der Waals surface area contributed by atoms with Crippen LogP contribution in [0.15, 0.2) is 17.5 Å². The Bertz CT molecular complexity index is 479. The molecule has 0 radical (unpaired) electrons. The molecule has 116 valence electrons. The van der Waals surface area contributed by atoms with Gasteiger partial charge in [0.25, 0.3) is 5.91 Å². The maximum Gasteiger partial charge on any atom is 0.323 e. The number of thioether (sulfide) groups is 1. The zero-order valence-electron chi connectivity index (χ0n) is 11.5. The average molecular weight is 331 g/mol. The van der Waals surface area contributed by atoms with E-state index in [4.69, 9.17) is 10.5 Å². The highest BCUT2D eigenvalue weighted by molar-refractivity contribution is 8.00. The molecule has 9 heteroatoms. The van der Waals surface area contributed by atoms with Gasteiger partial charge < -0.3 is 10.5 Å². The minimum atomic E-state index is -0.761. The van der Waals surface area contributed by atoms with Crippen LogP contribution in [-0.2, 0) is 14.3 Å². The standard InChI is InChI=1S/C12H17N3O4S2/c1-2-19-12(18)8(13)6-20-7-10(16)14-15-11(17)9-4-3-5-21-9/h3-5,8H,2,6-7,13H2,1H3,(H,14,16)(H,15,17). The number of hydrogen-bond acceptors (Lipinski definition) is 7. The Kier molecular flexibility index (Phi) is 7.80. The predicted octanol–water partition coefficient (Wildman–Crippen LogP) is 0.133. The summed E-state index contributed by atoms with van der Waals surface area (Å²) in [5, 5.41) is 1.77. The van der Waals surface area contributed by atoms with Crippen LogP contribution in [0.1, 0.15) is 16.6 Å². The number of rotatable bonds is 7. The highest BCUT2D eigenvalue weighted by Gasteiger charge is 2.15. The molecule has 0 aliphatic carbocycles. The molecule has 0 aliphatic rings. The first-order valence-corrected chi connectivity index (χ1v) is 8.20. The van der Waals surface area contributed by atoms with E-state index in [-0.39, 0.29) is 29.9 Å². The lowest BCUT2D eigenvalue weighted by Gasteiger charge is -2.10. The molecule has 2 amide bonds. The number of carbonyl (C=O) groups excluding carboxylic acids is 3. The minimum Gasteiger partial charge on any atom is -0.465 e. The first-order valence-electron chi connectivity index (χ1n) is 6.17. The summed E-state index contributed by atoms with van der Waals surface area (Å²) in [6.07, 6.45) is 0. The second-order valence-corrected chi connectivity index (χ2v) is 5.83. The largest absolute Gasteiger partial charge is 0.465 e. The molecule has 0 aliphatic heterocycles. The van der Waals surface area contributed by atoms with Gasteiger partial charge in [-0.15, -0.1) is 23.1 Å². The maximum atomic E-state index is 11.6. The van der Waals surface area contributed by atoms with Crippen LogP contribution in [0.25, 0.3) is 0 Å². The number of hydrogen-bond donors (Lipinski definition) is 3. The van der Waals surface area contributed by atoms with Crippen LogP contribution in [-0.4, -0.2) is 41.9 Å². The lowest BCUT2D eigenvalue weighted by atomic mass is 10.4. The van der Waals surface area contributed by atoms with Gasteiger partial charge in [-0.25, -0.2) is 0 Å². The smallest absolute Gasteiger partial charge is 0.323 e. The topological polar surface area (TPSA) is 111 Å². The van der Waals surface area contributed by atoms with E-state index in [0.29, 0.717) is 4.88 Å². The molecule has 1 heterocycles. The number of carbonyl (C=O) groups is 3. The van der Waals surface area contributed by atoms with Crippen molar-refractivity contribution in [3.05, 3.63) is 22.4 Å². The Labute approximate surface area is 130 Å². The number of amides is 2. The summed E-state index contributed by atoms with van der Waals surface area (Å²) in [5.74, 6) is -0.882. The summed E-state index contributed by atoms with van der Waals surface area (Å²) in [6, 6.07) is 2.64. The second kappa shape index (κ2) is 9.37. The second-order valence-electron chi connectivity index (χ2n) is 3.85. The van der Waals surface area contributed by atoms with Crippen molar-refractivity contribution in [1.29, 1.82) is 0 Å². The zero-order chi connectivity index (χ0) is 15.7. The zero-order valence-corrected chi connectivity index (χ0v) is 13.1. The van der Waals surface area contributed by atoms with Gasteiger partial charge in [-0.1, -0.05) is 6.07 Å². The third-order valence-corrected chi connectivity index (χ3v) is 4.11. The van der Waals surface area contributed by atoms with Crippen molar-refractivity contribution in [2.75, 3.05) is 18.1 Å². The summed E-state index contributed by atoms with van der Waals surface area (Å²) < 4.78 is 4.75. The van der Waals surface area contributed by atoms with E-state index in [1.165, 1.54) is 23.1 Å². The molecule has 21 heavy (non-hydrogen) atoms. The molecule has 0 saturated carbocycles. The minimum absolute atomic E-state index is 0.0812. The molecule has 0 spiro atoms. The van der Waals surface area contributed by atoms with Crippen LogP contribution in [0, 0.1) is 0 Å². The number of esters is 1. The molecule has 0 fully saturated rings. The van der Waals surface area contributed by atoms with Crippen LogP contribution in [0.2, 0.25) is 0 Å². The van der Waals surface area contributed by atoms with Crippen molar-refractivity contribution >= 4 is 40.9 Å². The monoisotopic (exact) mass is 331 g/mol. The van der Waals surface area contributed by atoms with Gasteiger partial charge in [-0.3, -0.25) is 25.2 Å². The van der Waals surface area contributed by atoms with Crippen LogP contribution in [0.5, 0.6) is 0 Å². The lowest BCUT2D eigenvalue weighted by Crippen LogP contribution is -2.42. The van der Waals surface area contributed by atoms with E-state index >= 15 is 0 Å². The summed E-state index contributed by atoms with van der Waals surface area (Å²) in [7, 11) is 0. The van der Waals surface area contributed by atoms with Crippen molar-refractivity contribution in [3.63, 3.8) is 0 Å². The van der Waals surface area contributed by atoms with E-state index in [1.807, 2.05) is 0 Å². The maximum absolute atomic E-state index is 11.6. The van der Waals surface area contributed by atoms with E-state index in [2.05, 4.69) is 10.9 Å². The van der Waals surface area contributed by atoms with Gasteiger partial charge in [0, 0.05) is 5.75 Å². The van der Waals surface area contributed by atoms with Gasteiger partial charge in [-0.05, 0) is 18.4 Å². The number of thiophene rings is 1. The Hall–Kier alpha value is -1.58. The van der Waals surface area contributed by atoms with Gasteiger partial charge in [-0.2, -0.15) is 0 Å². The molecule has 0 saturated heterocycles. The molecule has 1 aromatic heterocycles. The van der Waals surface area contributed by atoms with Crippen LogP contribution >= 0.6 is 23.1 Å². The Morgan fingerprint density at radius 2 is 2.19 bits per heavy atom. The van der Waals surface area contributed by atoms with Crippen molar-refractivity contribution < 1.29 is 19.1 Å². The lowest BCUT2D eigenvalue weighted by molar-refractivity contribution is -0.144. The fourth-order valence-corrected chi connectivity index (χ4v) is 2.61. The van der Waals surface area contributed by atoms with Crippen molar-refractivity contribution in [2.45, 2.75) is 13.0 Å². The molecule has 1 aromatic rings.